The van der Waals surface area contributed by atoms with Crippen LogP contribution < -0.4 is 5.32 Å². The van der Waals surface area contributed by atoms with Crippen LogP contribution in [0, 0.1) is 6.92 Å². The van der Waals surface area contributed by atoms with E-state index in [2.05, 4.69) is 17.2 Å². The van der Waals surface area contributed by atoms with Crippen molar-refractivity contribution in [3.63, 3.8) is 0 Å². The Bertz CT molecular complexity index is 428. The molecule has 0 unspecified atom stereocenters. The van der Waals surface area contributed by atoms with Gasteiger partial charge in [0.15, 0.2) is 0 Å². The maximum Gasteiger partial charge on any atom is 0.409 e. The second-order valence-electron chi connectivity index (χ2n) is 4.80. The Labute approximate surface area is 114 Å². The highest BCUT2D eigenvalue weighted by atomic mass is 16.6. The minimum atomic E-state index is -0.196. The molecule has 0 spiro atoms. The summed E-state index contributed by atoms with van der Waals surface area (Å²) in [7, 11) is 0. The molecule has 0 saturated carbocycles. The second-order valence-corrected chi connectivity index (χ2v) is 4.80. The molecule has 2 heterocycles. The van der Waals surface area contributed by atoms with E-state index in [0.717, 1.165) is 31.6 Å². The van der Waals surface area contributed by atoms with E-state index < -0.39 is 0 Å². The third-order valence-corrected chi connectivity index (χ3v) is 3.42. The molecule has 1 aromatic rings. The van der Waals surface area contributed by atoms with Crippen molar-refractivity contribution in [3.8, 4) is 0 Å². The summed E-state index contributed by atoms with van der Waals surface area (Å²) in [5.41, 5.74) is 2.28. The fourth-order valence-electron chi connectivity index (χ4n) is 2.26. The van der Waals surface area contributed by atoms with Gasteiger partial charge in [0, 0.05) is 25.3 Å². The summed E-state index contributed by atoms with van der Waals surface area (Å²) in [6, 6.07) is 2.39. The van der Waals surface area contributed by atoms with Crippen molar-refractivity contribution in [1.29, 1.82) is 0 Å². The van der Waals surface area contributed by atoms with E-state index in [9.17, 15) is 4.79 Å². The molecule has 19 heavy (non-hydrogen) atoms. The van der Waals surface area contributed by atoms with Gasteiger partial charge < -0.3 is 15.0 Å². The Morgan fingerprint density at radius 1 is 1.53 bits per heavy atom. The summed E-state index contributed by atoms with van der Waals surface area (Å²) in [6.07, 6.45) is 5.33. The standard InChI is InChI=1S/C14H21N3O2/c1-3-19-14(18)17-8-5-12(6-9-17)16-13-10-15-7-4-11(13)2/h4,7,10,12,16H,3,5-6,8-9H2,1-2H3. The van der Waals surface area contributed by atoms with Crippen LogP contribution in [0.25, 0.3) is 0 Å². The molecule has 0 radical (unpaired) electrons. The van der Waals surface area contributed by atoms with Crippen LogP contribution in [0.2, 0.25) is 0 Å². The van der Waals surface area contributed by atoms with Crippen LogP contribution in [0.3, 0.4) is 0 Å². The van der Waals surface area contributed by atoms with Gasteiger partial charge in [-0.1, -0.05) is 0 Å². The summed E-state index contributed by atoms with van der Waals surface area (Å²) >= 11 is 0. The molecule has 1 saturated heterocycles. The van der Waals surface area contributed by atoms with Crippen molar-refractivity contribution >= 4 is 11.8 Å². The predicted octanol–water partition coefficient (Wildman–Crippen LogP) is 2.42. The molecule has 0 aromatic carbocycles. The molecule has 2 rings (SSSR count). The summed E-state index contributed by atoms with van der Waals surface area (Å²) in [4.78, 5) is 17.5. The monoisotopic (exact) mass is 263 g/mol. The zero-order valence-electron chi connectivity index (χ0n) is 11.6. The highest BCUT2D eigenvalue weighted by Gasteiger charge is 2.23. The zero-order valence-corrected chi connectivity index (χ0v) is 11.6. The van der Waals surface area contributed by atoms with Crippen molar-refractivity contribution in [2.75, 3.05) is 25.0 Å². The van der Waals surface area contributed by atoms with Crippen LogP contribution >= 0.6 is 0 Å². The first-order chi connectivity index (χ1) is 9.20. The van der Waals surface area contributed by atoms with Crippen LogP contribution in [0.15, 0.2) is 18.5 Å². The molecule has 0 aliphatic carbocycles. The number of rotatable bonds is 3. The summed E-state index contributed by atoms with van der Waals surface area (Å²) in [5.74, 6) is 0. The number of aromatic nitrogens is 1. The van der Waals surface area contributed by atoms with Crippen molar-refractivity contribution in [2.45, 2.75) is 32.7 Å². The number of nitrogens with one attached hydrogen (secondary N) is 1. The molecule has 1 fully saturated rings. The lowest BCUT2D eigenvalue weighted by atomic mass is 10.0. The average molecular weight is 263 g/mol. The molecule has 104 valence electrons. The van der Waals surface area contributed by atoms with Crippen molar-refractivity contribution in [2.24, 2.45) is 0 Å². The van der Waals surface area contributed by atoms with Gasteiger partial charge >= 0.3 is 6.09 Å². The van der Waals surface area contributed by atoms with Gasteiger partial charge in [0.2, 0.25) is 0 Å². The highest BCUT2D eigenvalue weighted by Crippen LogP contribution is 2.19. The van der Waals surface area contributed by atoms with Crippen LogP contribution in [0.1, 0.15) is 25.3 Å². The molecule has 1 amide bonds. The smallest absolute Gasteiger partial charge is 0.409 e. The second kappa shape index (κ2) is 6.41. The molecule has 0 bridgehead atoms. The number of amides is 1. The van der Waals surface area contributed by atoms with Gasteiger partial charge in [0.1, 0.15) is 0 Å². The van der Waals surface area contributed by atoms with E-state index in [1.54, 1.807) is 11.1 Å². The van der Waals surface area contributed by atoms with Gasteiger partial charge in [-0.25, -0.2) is 4.79 Å². The maximum absolute atomic E-state index is 11.6. The molecule has 1 aromatic heterocycles. The Morgan fingerprint density at radius 3 is 2.89 bits per heavy atom. The van der Waals surface area contributed by atoms with E-state index in [1.807, 2.05) is 19.2 Å². The van der Waals surface area contributed by atoms with E-state index >= 15 is 0 Å². The van der Waals surface area contributed by atoms with Crippen LogP contribution in [0.5, 0.6) is 0 Å². The largest absolute Gasteiger partial charge is 0.450 e. The van der Waals surface area contributed by atoms with Gasteiger partial charge in [-0.05, 0) is 38.3 Å². The lowest BCUT2D eigenvalue weighted by molar-refractivity contribution is 0.0983. The van der Waals surface area contributed by atoms with Gasteiger partial charge in [-0.15, -0.1) is 0 Å². The van der Waals surface area contributed by atoms with Crippen molar-refractivity contribution in [1.82, 2.24) is 9.88 Å². The number of hydrogen-bond acceptors (Lipinski definition) is 4. The van der Waals surface area contributed by atoms with Gasteiger partial charge in [-0.3, -0.25) is 4.98 Å². The fraction of sp³-hybridized carbons (Fsp3) is 0.571. The summed E-state index contributed by atoms with van der Waals surface area (Å²) in [6.45, 7) is 5.83. The SMILES string of the molecule is CCOC(=O)N1CCC(Nc2cnccc2C)CC1. The van der Waals surface area contributed by atoms with E-state index in [-0.39, 0.29) is 6.09 Å². The molecule has 5 heteroatoms. The molecule has 1 N–H and O–H groups in total. The number of carbonyl (C=O) groups is 1. The Kier molecular flexibility index (Phi) is 4.60. The van der Waals surface area contributed by atoms with Gasteiger partial charge in [0.25, 0.3) is 0 Å². The van der Waals surface area contributed by atoms with Crippen LogP contribution in [-0.2, 0) is 4.74 Å². The molecule has 5 nitrogen and oxygen atoms in total. The minimum Gasteiger partial charge on any atom is -0.450 e. The third kappa shape index (κ3) is 3.59. The van der Waals surface area contributed by atoms with Crippen molar-refractivity contribution in [3.05, 3.63) is 24.0 Å². The normalized spacial score (nSPS) is 16.2. The molecular weight excluding hydrogens is 242 g/mol. The molecule has 1 aliphatic rings. The molecular formula is C14H21N3O2. The Balaban J connectivity index is 1.84. The first-order valence-corrected chi connectivity index (χ1v) is 6.79. The van der Waals surface area contributed by atoms with Crippen molar-refractivity contribution < 1.29 is 9.53 Å². The number of anilines is 1. The first kappa shape index (κ1) is 13.6. The zero-order chi connectivity index (χ0) is 13.7. The fourth-order valence-corrected chi connectivity index (χ4v) is 2.26. The Morgan fingerprint density at radius 2 is 2.26 bits per heavy atom. The van der Waals surface area contributed by atoms with E-state index in [0.29, 0.717) is 12.6 Å². The molecule has 0 atom stereocenters. The number of ether oxygens (including phenoxy) is 1. The number of pyridine rings is 1. The lowest BCUT2D eigenvalue weighted by Gasteiger charge is -2.32. The van der Waals surface area contributed by atoms with Crippen LogP contribution in [-0.4, -0.2) is 41.7 Å². The lowest BCUT2D eigenvalue weighted by Crippen LogP contribution is -2.42. The number of aryl methyl sites for hydroxylation is 1. The predicted molar refractivity (Wildman–Crippen MR) is 74.2 cm³/mol. The third-order valence-electron chi connectivity index (χ3n) is 3.42. The topological polar surface area (TPSA) is 54.5 Å². The number of likely N-dealkylation sites (tertiary alicyclic amines) is 1. The van der Waals surface area contributed by atoms with E-state index in [1.165, 1.54) is 5.56 Å². The number of piperidine rings is 1. The number of carbonyl (C=O) groups excluding carboxylic acids is 1. The molecule has 1 aliphatic heterocycles. The quantitative estimate of drug-likeness (QED) is 0.910. The summed E-state index contributed by atoms with van der Waals surface area (Å²) < 4.78 is 5.01. The number of nitrogens with zero attached hydrogens (tertiary/aromatic N) is 2. The van der Waals surface area contributed by atoms with Crippen LogP contribution in [0.4, 0.5) is 10.5 Å². The number of hydrogen-bond donors (Lipinski definition) is 1. The van der Waals surface area contributed by atoms with E-state index in [4.69, 9.17) is 4.74 Å². The Hall–Kier alpha value is -1.78. The first-order valence-electron chi connectivity index (χ1n) is 6.79. The maximum atomic E-state index is 11.6. The van der Waals surface area contributed by atoms with Gasteiger partial charge in [-0.2, -0.15) is 0 Å². The average Bonchev–Trinajstić information content (AvgIpc) is 2.42. The van der Waals surface area contributed by atoms with Gasteiger partial charge in [0.05, 0.1) is 18.5 Å². The highest BCUT2D eigenvalue weighted by molar-refractivity contribution is 5.67. The summed E-state index contributed by atoms with van der Waals surface area (Å²) in [5, 5.41) is 3.50. The minimum absolute atomic E-state index is 0.196.